The fourth-order valence-electron chi connectivity index (χ4n) is 4.08. The lowest BCUT2D eigenvalue weighted by Crippen LogP contribution is -2.19. The van der Waals surface area contributed by atoms with Gasteiger partial charge in [0.05, 0.1) is 5.69 Å². The van der Waals surface area contributed by atoms with Gasteiger partial charge in [0.15, 0.2) is 23.6 Å². The summed E-state index contributed by atoms with van der Waals surface area (Å²) in [6.07, 6.45) is -4.70. The summed E-state index contributed by atoms with van der Waals surface area (Å²) in [5.74, 6) is -0.0919. The highest BCUT2D eigenvalue weighted by Crippen LogP contribution is 2.34. The molecule has 12 heteroatoms. The van der Waals surface area contributed by atoms with E-state index in [1.807, 2.05) is 30.3 Å². The molecule has 3 aromatic heterocycles. The van der Waals surface area contributed by atoms with E-state index < -0.39 is 17.8 Å². The van der Waals surface area contributed by atoms with Crippen LogP contribution in [0.15, 0.2) is 83.4 Å². The third kappa shape index (κ3) is 4.75. The quantitative estimate of drug-likeness (QED) is 0.316. The summed E-state index contributed by atoms with van der Waals surface area (Å²) in [5, 5.41) is 9.82. The summed E-state index contributed by atoms with van der Waals surface area (Å²) < 4.78 is 53.4. The number of hydrogen-bond donors (Lipinski definition) is 1. The Kier molecular flexibility index (Phi) is 5.71. The van der Waals surface area contributed by atoms with Crippen molar-refractivity contribution in [1.29, 1.82) is 0 Å². The average Bonchev–Trinajstić information content (AvgIpc) is 3.58. The van der Waals surface area contributed by atoms with Crippen LogP contribution in [0.4, 0.5) is 13.2 Å². The van der Waals surface area contributed by atoms with Crippen LogP contribution in [0.3, 0.4) is 0 Å². The molecule has 0 fully saturated rings. The number of hydrogen-bond acceptors (Lipinski definition) is 7. The molecule has 3 aromatic carbocycles. The molecule has 0 atom stereocenters. The van der Waals surface area contributed by atoms with Crippen LogP contribution < -0.4 is 10.5 Å². The number of ether oxygens (including phenoxy) is 1. The number of carbonyl (C=O) groups excluding carboxylic acids is 1. The Morgan fingerprint density at radius 3 is 2.38 bits per heavy atom. The number of benzene rings is 3. The molecule has 6 aromatic rings. The molecule has 9 nitrogen and oxygen atoms in total. The molecule has 0 radical (unpaired) electrons. The van der Waals surface area contributed by atoms with Crippen molar-refractivity contribution in [3.63, 3.8) is 0 Å². The highest BCUT2D eigenvalue weighted by atomic mass is 19.4. The summed E-state index contributed by atoms with van der Waals surface area (Å²) in [7, 11) is 0. The Labute approximate surface area is 217 Å². The smallest absolute Gasteiger partial charge is 0.433 e. The molecule has 0 aliphatic carbocycles. The van der Waals surface area contributed by atoms with Gasteiger partial charge in [-0.2, -0.15) is 23.3 Å². The maximum Gasteiger partial charge on any atom is 0.433 e. The van der Waals surface area contributed by atoms with Crippen LogP contribution in [0.1, 0.15) is 5.69 Å². The maximum absolute atomic E-state index is 14.1. The molecular formula is C27H17F3N6O3. The lowest BCUT2D eigenvalue weighted by molar-refractivity contribution is -0.142. The van der Waals surface area contributed by atoms with E-state index in [2.05, 4.69) is 20.2 Å². The van der Waals surface area contributed by atoms with Crippen molar-refractivity contribution in [2.75, 3.05) is 6.61 Å². The summed E-state index contributed by atoms with van der Waals surface area (Å²) in [6, 6.07) is 21.7. The fourth-order valence-corrected chi connectivity index (χ4v) is 4.08. The van der Waals surface area contributed by atoms with Crippen molar-refractivity contribution in [1.82, 2.24) is 24.7 Å². The monoisotopic (exact) mass is 530 g/mol. The predicted molar refractivity (Wildman–Crippen MR) is 134 cm³/mol. The molecule has 0 aliphatic heterocycles. The minimum Gasteiger partial charge on any atom is -0.484 e. The normalized spacial score (nSPS) is 11.8. The van der Waals surface area contributed by atoms with Crippen LogP contribution in [-0.4, -0.2) is 37.3 Å². The SMILES string of the molecule is NC(=O)COc1ccc(-c2noc(-c3cc4nc(-c5ccc6ccccc6c5)cc(C(F)(F)F)n4n3)n2)cc1. The van der Waals surface area contributed by atoms with E-state index in [-0.39, 0.29) is 35.4 Å². The molecule has 2 N–H and O–H groups in total. The number of aromatic nitrogens is 5. The first-order valence-corrected chi connectivity index (χ1v) is 11.6. The number of halogens is 3. The summed E-state index contributed by atoms with van der Waals surface area (Å²) in [6.45, 7) is -0.268. The number of amides is 1. The summed E-state index contributed by atoms with van der Waals surface area (Å²) >= 11 is 0. The Morgan fingerprint density at radius 1 is 0.897 bits per heavy atom. The van der Waals surface area contributed by atoms with Gasteiger partial charge in [-0.1, -0.05) is 41.6 Å². The van der Waals surface area contributed by atoms with Gasteiger partial charge in [-0.15, -0.1) is 0 Å². The van der Waals surface area contributed by atoms with Crippen molar-refractivity contribution < 1.29 is 27.2 Å². The predicted octanol–water partition coefficient (Wildman–Crippen LogP) is 5.15. The van der Waals surface area contributed by atoms with E-state index in [0.717, 1.165) is 16.8 Å². The molecule has 0 unspecified atom stereocenters. The zero-order valence-corrected chi connectivity index (χ0v) is 19.9. The van der Waals surface area contributed by atoms with Crippen molar-refractivity contribution >= 4 is 22.3 Å². The maximum atomic E-state index is 14.1. The van der Waals surface area contributed by atoms with Crippen LogP contribution in [0.2, 0.25) is 0 Å². The Hall–Kier alpha value is -5.26. The van der Waals surface area contributed by atoms with Gasteiger partial charge in [0.2, 0.25) is 5.82 Å². The zero-order valence-electron chi connectivity index (χ0n) is 19.9. The Balaban J connectivity index is 1.37. The van der Waals surface area contributed by atoms with Crippen LogP contribution in [0.5, 0.6) is 5.75 Å². The first kappa shape index (κ1) is 24.1. The van der Waals surface area contributed by atoms with Crippen LogP contribution in [0, 0.1) is 0 Å². The van der Waals surface area contributed by atoms with E-state index in [4.69, 9.17) is 15.0 Å². The third-order valence-corrected chi connectivity index (χ3v) is 5.90. The number of fused-ring (bicyclic) bond motifs is 2. The van der Waals surface area contributed by atoms with Crippen LogP contribution in [-0.2, 0) is 11.0 Å². The van der Waals surface area contributed by atoms with E-state index in [9.17, 15) is 18.0 Å². The van der Waals surface area contributed by atoms with Gasteiger partial charge < -0.3 is 15.0 Å². The lowest BCUT2D eigenvalue weighted by Gasteiger charge is -2.11. The molecule has 3 heterocycles. The van der Waals surface area contributed by atoms with Crippen molar-refractivity contribution in [3.8, 4) is 40.0 Å². The third-order valence-electron chi connectivity index (χ3n) is 5.90. The number of nitrogens with zero attached hydrogens (tertiary/aromatic N) is 5. The minimum atomic E-state index is -4.70. The second-order valence-electron chi connectivity index (χ2n) is 8.59. The van der Waals surface area contributed by atoms with E-state index >= 15 is 0 Å². The summed E-state index contributed by atoms with van der Waals surface area (Å²) in [4.78, 5) is 19.6. The number of primary amides is 1. The first-order valence-electron chi connectivity index (χ1n) is 11.6. The number of alkyl halides is 3. The van der Waals surface area contributed by atoms with E-state index in [1.165, 1.54) is 6.07 Å². The second-order valence-corrected chi connectivity index (χ2v) is 8.59. The highest BCUT2D eigenvalue weighted by Gasteiger charge is 2.35. The first-order chi connectivity index (χ1) is 18.7. The average molecular weight is 530 g/mol. The van der Waals surface area contributed by atoms with Crippen LogP contribution in [0.25, 0.3) is 50.6 Å². The Bertz CT molecular complexity index is 1840. The molecule has 1 amide bonds. The van der Waals surface area contributed by atoms with Gasteiger partial charge >= 0.3 is 6.18 Å². The van der Waals surface area contributed by atoms with Gasteiger partial charge in [0.25, 0.3) is 11.8 Å². The van der Waals surface area contributed by atoms with E-state index in [0.29, 0.717) is 21.4 Å². The number of rotatable bonds is 6. The molecule has 6 rings (SSSR count). The molecule has 0 aliphatic rings. The molecular weight excluding hydrogens is 513 g/mol. The lowest BCUT2D eigenvalue weighted by atomic mass is 10.0. The second kappa shape index (κ2) is 9.24. The van der Waals surface area contributed by atoms with Gasteiger partial charge in [0, 0.05) is 17.2 Å². The minimum absolute atomic E-state index is 0.0290. The number of nitrogens with two attached hydrogens (primary N) is 1. The molecule has 39 heavy (non-hydrogen) atoms. The van der Waals surface area contributed by atoms with Crippen molar-refractivity contribution in [2.24, 2.45) is 5.73 Å². The van der Waals surface area contributed by atoms with Crippen molar-refractivity contribution in [2.45, 2.75) is 6.18 Å². The molecule has 0 bridgehead atoms. The standard InChI is InChI=1S/C27H17F3N6O3/c28-27(29,30)22-12-20(18-6-5-15-3-1-2-4-17(15)11-18)32-24-13-21(34-36(22)24)26-33-25(35-39-26)16-7-9-19(10-8-16)38-14-23(31)37/h1-13H,14H2,(H2,31,37). The van der Waals surface area contributed by atoms with Gasteiger partial charge in [-0.05, 0) is 47.2 Å². The molecule has 0 saturated heterocycles. The molecule has 194 valence electrons. The van der Waals surface area contributed by atoms with Crippen LogP contribution >= 0.6 is 0 Å². The zero-order chi connectivity index (χ0) is 27.1. The Morgan fingerprint density at radius 2 is 1.64 bits per heavy atom. The highest BCUT2D eigenvalue weighted by molar-refractivity contribution is 5.87. The number of carbonyl (C=O) groups is 1. The largest absolute Gasteiger partial charge is 0.484 e. The molecule has 0 spiro atoms. The molecule has 0 saturated carbocycles. The fraction of sp³-hybridized carbons (Fsp3) is 0.0741. The van der Waals surface area contributed by atoms with Crippen molar-refractivity contribution in [3.05, 3.63) is 84.6 Å². The van der Waals surface area contributed by atoms with Gasteiger partial charge in [0.1, 0.15) is 5.75 Å². The summed E-state index contributed by atoms with van der Waals surface area (Å²) in [5.41, 5.74) is 5.31. The van der Waals surface area contributed by atoms with Gasteiger partial charge in [-0.3, -0.25) is 4.79 Å². The topological polar surface area (TPSA) is 121 Å². The van der Waals surface area contributed by atoms with E-state index in [1.54, 1.807) is 36.4 Å². The van der Waals surface area contributed by atoms with Gasteiger partial charge in [-0.25, -0.2) is 9.50 Å².